The summed E-state index contributed by atoms with van der Waals surface area (Å²) in [4.78, 5) is 48.6. The summed E-state index contributed by atoms with van der Waals surface area (Å²) in [6, 6.07) is 28.7. The second kappa shape index (κ2) is 14.1. The maximum absolute atomic E-state index is 12.3. The van der Waals surface area contributed by atoms with Crippen LogP contribution in [0.3, 0.4) is 0 Å². The molecule has 3 aromatic rings. The van der Waals surface area contributed by atoms with Crippen molar-refractivity contribution in [3.05, 3.63) is 108 Å². The predicted octanol–water partition coefficient (Wildman–Crippen LogP) is 4.08. The van der Waals surface area contributed by atoms with Crippen LogP contribution in [-0.4, -0.2) is 61.2 Å². The SMILES string of the molecule is CC(=O)O[C@H]1O[C@H](COC(c2ccccc2)(c2ccccc2)c2ccccc2)[C@@H](OC(C)=O)[C@H](OC(C)=O)[C@@H]1OC(C)=O. The zero-order chi connectivity index (χ0) is 31.0. The summed E-state index contributed by atoms with van der Waals surface area (Å²) in [7, 11) is 0. The second-order valence-electron chi connectivity index (χ2n) is 9.96. The third kappa shape index (κ3) is 7.46. The van der Waals surface area contributed by atoms with Crippen molar-refractivity contribution in [3.63, 3.8) is 0 Å². The average molecular weight is 591 g/mol. The number of esters is 4. The lowest BCUT2D eigenvalue weighted by molar-refractivity contribution is -0.303. The fourth-order valence-corrected chi connectivity index (χ4v) is 5.22. The molecule has 226 valence electrons. The number of benzene rings is 3. The fraction of sp³-hybridized carbons (Fsp3) is 0.333. The standard InChI is InChI=1S/C33H34O10/c1-21(34)39-29-28(43-32(42-24(4)37)31(41-23(3)36)30(29)40-22(2)35)20-38-33(25-14-8-5-9-15-25,26-16-10-6-11-17-26)27-18-12-7-13-19-27/h5-19,28-32H,20H2,1-4H3/t28-,29-,30+,31+,32+/m1/s1. The molecule has 0 N–H and O–H groups in total. The summed E-state index contributed by atoms with van der Waals surface area (Å²) in [5, 5.41) is 0. The van der Waals surface area contributed by atoms with Crippen molar-refractivity contribution >= 4 is 23.9 Å². The maximum Gasteiger partial charge on any atom is 0.305 e. The molecule has 43 heavy (non-hydrogen) atoms. The smallest absolute Gasteiger partial charge is 0.305 e. The Kier molecular flexibility index (Phi) is 10.3. The Hall–Kier alpha value is -4.54. The molecule has 4 rings (SSSR count). The van der Waals surface area contributed by atoms with Gasteiger partial charge in [0.15, 0.2) is 12.2 Å². The Labute approximate surface area is 249 Å². The highest BCUT2D eigenvalue weighted by Gasteiger charge is 2.54. The van der Waals surface area contributed by atoms with E-state index in [9.17, 15) is 19.2 Å². The first-order valence-electron chi connectivity index (χ1n) is 13.8. The molecule has 0 spiro atoms. The fourth-order valence-electron chi connectivity index (χ4n) is 5.22. The topological polar surface area (TPSA) is 124 Å². The van der Waals surface area contributed by atoms with E-state index in [2.05, 4.69) is 0 Å². The van der Waals surface area contributed by atoms with Crippen LogP contribution >= 0.6 is 0 Å². The summed E-state index contributed by atoms with van der Waals surface area (Å²) in [5.74, 6) is -2.93. The van der Waals surface area contributed by atoms with E-state index in [0.717, 1.165) is 37.5 Å². The first-order valence-corrected chi connectivity index (χ1v) is 13.8. The molecule has 0 amide bonds. The van der Waals surface area contributed by atoms with Crippen LogP contribution in [0.2, 0.25) is 0 Å². The summed E-state index contributed by atoms with van der Waals surface area (Å²) in [6.45, 7) is 4.40. The van der Waals surface area contributed by atoms with E-state index in [1.54, 1.807) is 0 Å². The molecule has 1 saturated heterocycles. The maximum atomic E-state index is 12.3. The molecule has 10 heteroatoms. The van der Waals surface area contributed by atoms with E-state index >= 15 is 0 Å². The van der Waals surface area contributed by atoms with Crippen LogP contribution in [0.4, 0.5) is 0 Å². The van der Waals surface area contributed by atoms with Crippen molar-refractivity contribution in [1.29, 1.82) is 0 Å². The molecule has 0 aromatic heterocycles. The zero-order valence-corrected chi connectivity index (χ0v) is 24.3. The lowest BCUT2D eigenvalue weighted by Gasteiger charge is -2.45. The number of carbonyl (C=O) groups excluding carboxylic acids is 4. The minimum atomic E-state index is -1.49. The van der Waals surface area contributed by atoms with Gasteiger partial charge in [0, 0.05) is 27.7 Å². The van der Waals surface area contributed by atoms with E-state index < -0.39 is 60.2 Å². The molecule has 0 aliphatic carbocycles. The summed E-state index contributed by atoms with van der Waals surface area (Å²) in [6.07, 6.45) is -6.73. The van der Waals surface area contributed by atoms with Crippen molar-refractivity contribution in [3.8, 4) is 0 Å². The monoisotopic (exact) mass is 590 g/mol. The molecule has 5 atom stereocenters. The van der Waals surface area contributed by atoms with Gasteiger partial charge in [-0.05, 0) is 16.7 Å². The normalized spacial score (nSPS) is 21.7. The van der Waals surface area contributed by atoms with Crippen LogP contribution in [0, 0.1) is 0 Å². The third-order valence-electron chi connectivity index (χ3n) is 6.78. The predicted molar refractivity (Wildman–Crippen MR) is 152 cm³/mol. The van der Waals surface area contributed by atoms with Gasteiger partial charge >= 0.3 is 23.9 Å². The molecule has 1 aliphatic rings. The summed E-state index contributed by atoms with van der Waals surface area (Å²) < 4.78 is 34.9. The van der Waals surface area contributed by atoms with Gasteiger partial charge in [0.05, 0.1) is 6.61 Å². The molecule has 1 aliphatic heterocycles. The molecule has 0 unspecified atom stereocenters. The van der Waals surface area contributed by atoms with Crippen LogP contribution in [0.5, 0.6) is 0 Å². The number of hydrogen-bond donors (Lipinski definition) is 0. The van der Waals surface area contributed by atoms with E-state index in [4.69, 9.17) is 28.4 Å². The molecular formula is C33H34O10. The van der Waals surface area contributed by atoms with Crippen molar-refractivity contribution in [1.82, 2.24) is 0 Å². The highest BCUT2D eigenvalue weighted by Crippen LogP contribution is 2.41. The van der Waals surface area contributed by atoms with Gasteiger partial charge in [-0.25, -0.2) is 0 Å². The molecule has 10 nitrogen and oxygen atoms in total. The summed E-state index contributed by atoms with van der Waals surface area (Å²) in [5.41, 5.74) is 1.24. The first kappa shape index (κ1) is 31.4. The Balaban J connectivity index is 1.83. The highest BCUT2D eigenvalue weighted by atomic mass is 16.7. The molecule has 0 saturated carbocycles. The lowest BCUT2D eigenvalue weighted by atomic mass is 9.80. The van der Waals surface area contributed by atoms with Gasteiger partial charge in [0.1, 0.15) is 11.7 Å². The minimum Gasteiger partial charge on any atom is -0.456 e. The molecule has 1 fully saturated rings. The van der Waals surface area contributed by atoms with E-state index in [1.807, 2.05) is 91.0 Å². The highest BCUT2D eigenvalue weighted by molar-refractivity contribution is 5.69. The molecular weight excluding hydrogens is 556 g/mol. The summed E-state index contributed by atoms with van der Waals surface area (Å²) >= 11 is 0. The first-order chi connectivity index (χ1) is 20.6. The number of rotatable bonds is 10. The van der Waals surface area contributed by atoms with Crippen molar-refractivity contribution < 1.29 is 47.6 Å². The zero-order valence-electron chi connectivity index (χ0n) is 24.3. The van der Waals surface area contributed by atoms with Crippen LogP contribution < -0.4 is 0 Å². The Bertz CT molecular complexity index is 1300. The van der Waals surface area contributed by atoms with E-state index in [0.29, 0.717) is 0 Å². The molecule has 1 heterocycles. The van der Waals surface area contributed by atoms with Crippen molar-refractivity contribution in [2.75, 3.05) is 6.61 Å². The average Bonchev–Trinajstić information content (AvgIpc) is 2.97. The van der Waals surface area contributed by atoms with Gasteiger partial charge in [0.25, 0.3) is 0 Å². The van der Waals surface area contributed by atoms with Crippen LogP contribution in [-0.2, 0) is 53.2 Å². The van der Waals surface area contributed by atoms with Gasteiger partial charge in [-0.15, -0.1) is 0 Å². The largest absolute Gasteiger partial charge is 0.456 e. The van der Waals surface area contributed by atoms with Crippen molar-refractivity contribution in [2.24, 2.45) is 0 Å². The molecule has 0 bridgehead atoms. The van der Waals surface area contributed by atoms with Gasteiger partial charge in [0.2, 0.25) is 12.4 Å². The van der Waals surface area contributed by atoms with Crippen LogP contribution in [0.25, 0.3) is 0 Å². The Morgan fingerprint density at radius 3 is 1.33 bits per heavy atom. The quantitative estimate of drug-likeness (QED) is 0.194. The Morgan fingerprint density at radius 1 is 0.558 bits per heavy atom. The molecule has 0 radical (unpaired) electrons. The van der Waals surface area contributed by atoms with Gasteiger partial charge < -0.3 is 28.4 Å². The van der Waals surface area contributed by atoms with Crippen LogP contribution in [0.1, 0.15) is 44.4 Å². The molecule has 3 aromatic carbocycles. The van der Waals surface area contributed by atoms with E-state index in [-0.39, 0.29) is 6.61 Å². The number of ether oxygens (including phenoxy) is 6. The van der Waals surface area contributed by atoms with Gasteiger partial charge in [-0.2, -0.15) is 0 Å². The van der Waals surface area contributed by atoms with Gasteiger partial charge in [-0.3, -0.25) is 19.2 Å². The second-order valence-corrected chi connectivity index (χ2v) is 9.96. The third-order valence-corrected chi connectivity index (χ3v) is 6.78. The number of carbonyl (C=O) groups is 4. The lowest BCUT2D eigenvalue weighted by Crippen LogP contribution is -2.63. The van der Waals surface area contributed by atoms with Crippen molar-refractivity contribution in [2.45, 2.75) is 64.0 Å². The Morgan fingerprint density at radius 2 is 0.930 bits per heavy atom. The van der Waals surface area contributed by atoms with E-state index in [1.165, 1.54) is 6.92 Å². The van der Waals surface area contributed by atoms with Crippen LogP contribution in [0.15, 0.2) is 91.0 Å². The minimum absolute atomic E-state index is 0.237. The number of hydrogen-bond acceptors (Lipinski definition) is 10. The van der Waals surface area contributed by atoms with Gasteiger partial charge in [-0.1, -0.05) is 91.0 Å².